The number of rotatable bonds is 5. The molecule has 0 fully saturated rings. The fraction of sp³-hybridized carbons (Fsp3) is 0.167. The van der Waals surface area contributed by atoms with E-state index in [9.17, 15) is 9.59 Å². The van der Waals surface area contributed by atoms with Gasteiger partial charge in [-0.3, -0.25) is 4.79 Å². The Morgan fingerprint density at radius 2 is 1.87 bits per heavy atom. The zero-order chi connectivity index (χ0) is 16.8. The molecule has 2 aromatic carbocycles. The van der Waals surface area contributed by atoms with E-state index in [1.807, 2.05) is 0 Å². The number of carbonyl (C=O) groups excluding carboxylic acids is 2. The van der Waals surface area contributed by atoms with Gasteiger partial charge < -0.3 is 10.1 Å². The molecule has 0 saturated heterocycles. The Hall–Kier alpha value is -3.13. The molecule has 0 aromatic heterocycles. The number of nitrogens with zero attached hydrogens (tertiary/aromatic N) is 1. The third kappa shape index (κ3) is 3.95. The molecule has 0 aliphatic carbocycles. The van der Waals surface area contributed by atoms with Crippen LogP contribution in [0.3, 0.4) is 0 Å². The van der Waals surface area contributed by atoms with Crippen LogP contribution < -0.4 is 5.32 Å². The third-order valence-corrected chi connectivity index (χ3v) is 3.39. The van der Waals surface area contributed by atoms with Gasteiger partial charge >= 0.3 is 5.97 Å². The summed E-state index contributed by atoms with van der Waals surface area (Å²) in [6.07, 6.45) is 0. The second-order valence-electron chi connectivity index (χ2n) is 4.97. The molecule has 0 spiro atoms. The lowest BCUT2D eigenvalue weighted by Crippen LogP contribution is -2.06. The van der Waals surface area contributed by atoms with Crippen LogP contribution in [-0.2, 0) is 11.3 Å². The second-order valence-corrected chi connectivity index (χ2v) is 4.97. The highest BCUT2D eigenvalue weighted by Gasteiger charge is 2.09. The number of esters is 1. The minimum atomic E-state index is -0.384. The Morgan fingerprint density at radius 1 is 1.17 bits per heavy atom. The van der Waals surface area contributed by atoms with Crippen LogP contribution in [0, 0.1) is 11.3 Å². The number of hydrogen-bond donors (Lipinski definition) is 1. The standard InChI is InChI=1S/C18H16N2O3/c1-12(21)16-8-5-14(10-19)9-17(16)20-11-13-3-6-15(7-4-13)18(22)23-2/h3-9,20H,11H2,1-2H3. The molecule has 0 atom stereocenters. The number of ketones is 1. The topological polar surface area (TPSA) is 79.2 Å². The maximum absolute atomic E-state index is 11.7. The van der Waals surface area contributed by atoms with E-state index in [4.69, 9.17) is 5.26 Å². The maximum atomic E-state index is 11.7. The van der Waals surface area contributed by atoms with Crippen LogP contribution in [0.25, 0.3) is 0 Å². The summed E-state index contributed by atoms with van der Waals surface area (Å²) in [7, 11) is 1.34. The minimum absolute atomic E-state index is 0.0713. The van der Waals surface area contributed by atoms with E-state index in [1.54, 1.807) is 42.5 Å². The van der Waals surface area contributed by atoms with Gasteiger partial charge in [0.15, 0.2) is 5.78 Å². The molecule has 0 radical (unpaired) electrons. The first-order chi connectivity index (χ1) is 11.0. The van der Waals surface area contributed by atoms with E-state index in [-0.39, 0.29) is 11.8 Å². The fourth-order valence-electron chi connectivity index (χ4n) is 2.14. The SMILES string of the molecule is COC(=O)c1ccc(CNc2cc(C#N)ccc2C(C)=O)cc1. The first kappa shape index (κ1) is 16.2. The summed E-state index contributed by atoms with van der Waals surface area (Å²) >= 11 is 0. The molecule has 0 bridgehead atoms. The molecule has 0 heterocycles. The number of anilines is 1. The van der Waals surface area contributed by atoms with Crippen molar-refractivity contribution in [3.05, 3.63) is 64.7 Å². The third-order valence-electron chi connectivity index (χ3n) is 3.39. The smallest absolute Gasteiger partial charge is 0.337 e. The van der Waals surface area contributed by atoms with Gasteiger partial charge in [0, 0.05) is 17.8 Å². The zero-order valence-electron chi connectivity index (χ0n) is 12.9. The number of ether oxygens (including phenoxy) is 1. The van der Waals surface area contributed by atoms with Crippen LogP contribution in [0.4, 0.5) is 5.69 Å². The zero-order valence-corrected chi connectivity index (χ0v) is 12.9. The molecule has 2 aromatic rings. The van der Waals surface area contributed by atoms with Crippen molar-refractivity contribution in [3.8, 4) is 6.07 Å². The summed E-state index contributed by atoms with van der Waals surface area (Å²) in [5, 5.41) is 12.1. The Morgan fingerprint density at radius 3 is 2.43 bits per heavy atom. The monoisotopic (exact) mass is 308 g/mol. The van der Waals surface area contributed by atoms with E-state index in [1.165, 1.54) is 14.0 Å². The number of Topliss-reactive ketones (excluding diaryl/α,β-unsaturated/α-hetero) is 1. The van der Waals surface area contributed by atoms with Gasteiger partial charge in [0.1, 0.15) is 0 Å². The quantitative estimate of drug-likeness (QED) is 0.678. The maximum Gasteiger partial charge on any atom is 0.337 e. The summed E-state index contributed by atoms with van der Waals surface area (Å²) in [6, 6.07) is 13.9. The van der Waals surface area contributed by atoms with Crippen LogP contribution >= 0.6 is 0 Å². The van der Waals surface area contributed by atoms with Gasteiger partial charge in [-0.25, -0.2) is 4.79 Å². The molecule has 2 rings (SSSR count). The molecule has 0 unspecified atom stereocenters. The van der Waals surface area contributed by atoms with Crippen molar-refractivity contribution in [2.45, 2.75) is 13.5 Å². The Bertz CT molecular complexity index is 774. The minimum Gasteiger partial charge on any atom is -0.465 e. The highest BCUT2D eigenvalue weighted by molar-refractivity contribution is 5.99. The molecule has 116 valence electrons. The number of nitriles is 1. The molecule has 0 amide bonds. The lowest BCUT2D eigenvalue weighted by molar-refractivity contribution is 0.0600. The first-order valence-corrected chi connectivity index (χ1v) is 7.01. The number of carbonyl (C=O) groups is 2. The van der Waals surface area contributed by atoms with Gasteiger partial charge in [0.25, 0.3) is 0 Å². The van der Waals surface area contributed by atoms with Crippen LogP contribution in [0.1, 0.15) is 38.8 Å². The van der Waals surface area contributed by atoms with Crippen molar-refractivity contribution in [1.82, 2.24) is 0 Å². The number of methoxy groups -OCH3 is 1. The summed E-state index contributed by atoms with van der Waals surface area (Å²) in [5.74, 6) is -0.455. The van der Waals surface area contributed by atoms with Gasteiger partial charge in [-0.15, -0.1) is 0 Å². The molecule has 1 N–H and O–H groups in total. The fourth-order valence-corrected chi connectivity index (χ4v) is 2.14. The van der Waals surface area contributed by atoms with Gasteiger partial charge in [0.05, 0.1) is 24.3 Å². The number of hydrogen-bond acceptors (Lipinski definition) is 5. The van der Waals surface area contributed by atoms with Crippen LogP contribution in [0.15, 0.2) is 42.5 Å². The molecule has 5 heteroatoms. The largest absolute Gasteiger partial charge is 0.465 e. The van der Waals surface area contributed by atoms with Gasteiger partial charge in [0.2, 0.25) is 0 Å². The average Bonchev–Trinajstić information content (AvgIpc) is 2.59. The summed E-state index contributed by atoms with van der Waals surface area (Å²) < 4.78 is 4.65. The predicted molar refractivity (Wildman–Crippen MR) is 86.3 cm³/mol. The summed E-state index contributed by atoms with van der Waals surface area (Å²) in [4.78, 5) is 23.0. The average molecular weight is 308 g/mol. The predicted octanol–water partition coefficient (Wildman–Crippen LogP) is 3.16. The van der Waals surface area contributed by atoms with Crippen molar-refractivity contribution in [2.75, 3.05) is 12.4 Å². The molecular formula is C18H16N2O3. The van der Waals surface area contributed by atoms with E-state index >= 15 is 0 Å². The van der Waals surface area contributed by atoms with Crippen LogP contribution in [0.5, 0.6) is 0 Å². The van der Waals surface area contributed by atoms with Crippen molar-refractivity contribution >= 4 is 17.4 Å². The van der Waals surface area contributed by atoms with E-state index in [2.05, 4.69) is 16.1 Å². The molecular weight excluding hydrogens is 292 g/mol. The molecule has 0 aliphatic heterocycles. The van der Waals surface area contributed by atoms with Crippen molar-refractivity contribution in [2.24, 2.45) is 0 Å². The Kier molecular flexibility index (Phi) is 5.11. The number of benzene rings is 2. The van der Waals surface area contributed by atoms with Gasteiger partial charge in [-0.1, -0.05) is 12.1 Å². The lowest BCUT2D eigenvalue weighted by atomic mass is 10.1. The van der Waals surface area contributed by atoms with Crippen LogP contribution in [-0.4, -0.2) is 18.9 Å². The van der Waals surface area contributed by atoms with E-state index in [0.717, 1.165) is 5.56 Å². The molecule has 23 heavy (non-hydrogen) atoms. The molecule has 0 saturated carbocycles. The number of nitrogens with one attached hydrogen (secondary N) is 1. The normalized spacial score (nSPS) is 9.78. The Labute approximate surface area is 134 Å². The van der Waals surface area contributed by atoms with E-state index < -0.39 is 0 Å². The van der Waals surface area contributed by atoms with Gasteiger partial charge in [-0.05, 0) is 42.8 Å². The highest BCUT2D eigenvalue weighted by atomic mass is 16.5. The van der Waals surface area contributed by atoms with Crippen molar-refractivity contribution in [3.63, 3.8) is 0 Å². The lowest BCUT2D eigenvalue weighted by Gasteiger charge is -2.11. The van der Waals surface area contributed by atoms with E-state index in [0.29, 0.717) is 28.9 Å². The summed E-state index contributed by atoms with van der Waals surface area (Å²) in [6.45, 7) is 1.95. The Balaban J connectivity index is 2.16. The first-order valence-electron chi connectivity index (χ1n) is 7.01. The highest BCUT2D eigenvalue weighted by Crippen LogP contribution is 2.19. The van der Waals surface area contributed by atoms with Crippen molar-refractivity contribution < 1.29 is 14.3 Å². The molecule has 0 aliphatic rings. The van der Waals surface area contributed by atoms with Gasteiger partial charge in [-0.2, -0.15) is 5.26 Å². The summed E-state index contributed by atoms with van der Waals surface area (Å²) in [5.41, 5.74) is 3.06. The second kappa shape index (κ2) is 7.23. The van der Waals surface area contributed by atoms with Crippen LogP contribution in [0.2, 0.25) is 0 Å². The van der Waals surface area contributed by atoms with Crippen molar-refractivity contribution in [1.29, 1.82) is 5.26 Å². The molecule has 5 nitrogen and oxygen atoms in total.